The summed E-state index contributed by atoms with van der Waals surface area (Å²) in [7, 11) is 0.268. The second-order valence-electron chi connectivity index (χ2n) is 3.16. The molecule has 82 valence electrons. The molecule has 1 unspecified atom stereocenters. The van der Waals surface area contributed by atoms with Crippen LogP contribution in [0.15, 0.2) is 47.9 Å². The highest BCUT2D eigenvalue weighted by molar-refractivity contribution is 7.97. The largest absolute Gasteiger partial charge is 0.377 e. The fourth-order valence-corrected chi connectivity index (χ4v) is 3.10. The van der Waals surface area contributed by atoms with Gasteiger partial charge in [-0.25, -0.2) is 0 Å². The Bertz CT molecular complexity index is 271. The van der Waals surface area contributed by atoms with Gasteiger partial charge in [0, 0.05) is 17.5 Å². The molecule has 0 aliphatic carbocycles. The van der Waals surface area contributed by atoms with Gasteiger partial charge in [-0.3, -0.25) is 0 Å². The Kier molecular flexibility index (Phi) is 6.21. The number of ether oxygens (including phenoxy) is 1. The predicted octanol–water partition coefficient (Wildman–Crippen LogP) is 2.89. The number of hydrogen-bond donors (Lipinski definition) is 0. The summed E-state index contributed by atoms with van der Waals surface area (Å²) in [5.41, 5.74) is 0. The first kappa shape index (κ1) is 12.3. The van der Waals surface area contributed by atoms with Crippen molar-refractivity contribution in [2.75, 3.05) is 24.7 Å². The lowest BCUT2D eigenvalue weighted by Crippen LogP contribution is -2.15. The lowest BCUT2D eigenvalue weighted by Gasteiger charge is -2.06. The maximum absolute atomic E-state index is 5.40. The van der Waals surface area contributed by atoms with Crippen LogP contribution in [-0.2, 0) is 15.6 Å². The van der Waals surface area contributed by atoms with E-state index in [1.54, 1.807) is 0 Å². The normalized spacial score (nSPS) is 12.3. The molecule has 0 bridgehead atoms. The molecule has 0 saturated heterocycles. The van der Waals surface area contributed by atoms with Gasteiger partial charge in [-0.05, 0) is 25.1 Å². The minimum atomic E-state index is 0.268. The molecule has 0 radical (unpaired) electrons. The van der Waals surface area contributed by atoms with Crippen LogP contribution in [0.1, 0.15) is 6.92 Å². The van der Waals surface area contributed by atoms with Crippen molar-refractivity contribution in [1.29, 1.82) is 0 Å². The molecule has 0 heterocycles. The molecule has 1 atom stereocenters. The monoisotopic (exact) mass is 223 g/mol. The average Bonchev–Trinajstić information content (AvgIpc) is 2.29. The fourth-order valence-electron chi connectivity index (χ4n) is 1.36. The van der Waals surface area contributed by atoms with E-state index < -0.39 is 0 Å². The molecule has 1 rings (SSSR count). The molecule has 0 aliphatic rings. The van der Waals surface area contributed by atoms with Gasteiger partial charge in [-0.1, -0.05) is 24.8 Å². The Morgan fingerprint density at radius 3 is 2.67 bits per heavy atom. The van der Waals surface area contributed by atoms with Gasteiger partial charge in [0.1, 0.15) is 11.5 Å². The summed E-state index contributed by atoms with van der Waals surface area (Å²) in [6.45, 7) is 7.51. The molecule has 1 aromatic carbocycles. The Labute approximate surface area is 95.5 Å². The molecule has 0 fully saturated rings. The molecule has 1 aromatic rings. The number of hydrogen-bond acceptors (Lipinski definition) is 1. The lowest BCUT2D eigenvalue weighted by molar-refractivity contribution is 0.164. The Morgan fingerprint density at radius 1 is 1.33 bits per heavy atom. The van der Waals surface area contributed by atoms with E-state index in [2.05, 4.69) is 36.9 Å². The molecular weight excluding hydrogens is 204 g/mol. The zero-order valence-corrected chi connectivity index (χ0v) is 10.1. The predicted molar refractivity (Wildman–Crippen MR) is 68.5 cm³/mol. The summed E-state index contributed by atoms with van der Waals surface area (Å²) in [6.07, 6.45) is 2.00. The first-order valence-electron chi connectivity index (χ1n) is 5.29. The van der Waals surface area contributed by atoms with Crippen molar-refractivity contribution < 1.29 is 4.74 Å². The minimum Gasteiger partial charge on any atom is -0.377 e. The van der Waals surface area contributed by atoms with E-state index >= 15 is 0 Å². The highest BCUT2D eigenvalue weighted by Gasteiger charge is 2.18. The van der Waals surface area contributed by atoms with Crippen molar-refractivity contribution in [2.45, 2.75) is 11.8 Å². The summed E-state index contributed by atoms with van der Waals surface area (Å²) in [5.74, 6) is 2.15. The van der Waals surface area contributed by atoms with Crippen LogP contribution < -0.4 is 0 Å². The van der Waals surface area contributed by atoms with Gasteiger partial charge < -0.3 is 4.74 Å². The van der Waals surface area contributed by atoms with Crippen LogP contribution in [0.2, 0.25) is 0 Å². The summed E-state index contributed by atoms with van der Waals surface area (Å²) < 4.78 is 5.40. The third kappa shape index (κ3) is 4.54. The fraction of sp³-hybridized carbons (Fsp3) is 0.385. The molecule has 0 amide bonds. The van der Waals surface area contributed by atoms with Crippen LogP contribution in [0.3, 0.4) is 0 Å². The molecular formula is C13H19OS+. The molecule has 2 heteroatoms. The van der Waals surface area contributed by atoms with Crippen LogP contribution >= 0.6 is 0 Å². The molecule has 0 aromatic heterocycles. The van der Waals surface area contributed by atoms with Crippen LogP contribution in [0, 0.1) is 0 Å². The van der Waals surface area contributed by atoms with Gasteiger partial charge in [-0.2, -0.15) is 0 Å². The summed E-state index contributed by atoms with van der Waals surface area (Å²) in [4.78, 5) is 1.41. The zero-order valence-electron chi connectivity index (χ0n) is 9.32. The summed E-state index contributed by atoms with van der Waals surface area (Å²) in [6, 6.07) is 10.6. The molecule has 15 heavy (non-hydrogen) atoms. The molecule has 0 spiro atoms. The SMILES string of the molecule is C=CC[S+](CCOCC)c1ccccc1. The second-order valence-corrected chi connectivity index (χ2v) is 5.36. The maximum atomic E-state index is 5.40. The van der Waals surface area contributed by atoms with Crippen molar-refractivity contribution in [3.8, 4) is 0 Å². The third-order valence-electron chi connectivity index (χ3n) is 2.07. The van der Waals surface area contributed by atoms with Crippen molar-refractivity contribution in [2.24, 2.45) is 0 Å². The third-order valence-corrected chi connectivity index (χ3v) is 4.31. The van der Waals surface area contributed by atoms with Crippen molar-refractivity contribution in [1.82, 2.24) is 0 Å². The molecule has 0 aliphatic heterocycles. The van der Waals surface area contributed by atoms with E-state index in [1.807, 2.05) is 13.0 Å². The lowest BCUT2D eigenvalue weighted by atomic mass is 10.4. The van der Waals surface area contributed by atoms with E-state index in [4.69, 9.17) is 4.74 Å². The van der Waals surface area contributed by atoms with Gasteiger partial charge in [0.2, 0.25) is 0 Å². The molecule has 0 saturated carbocycles. The van der Waals surface area contributed by atoms with Crippen LogP contribution in [-0.4, -0.2) is 24.7 Å². The highest BCUT2D eigenvalue weighted by Crippen LogP contribution is 2.13. The van der Waals surface area contributed by atoms with E-state index in [1.165, 1.54) is 4.90 Å². The van der Waals surface area contributed by atoms with Crippen LogP contribution in [0.4, 0.5) is 0 Å². The van der Waals surface area contributed by atoms with Gasteiger partial charge in [-0.15, -0.1) is 0 Å². The van der Waals surface area contributed by atoms with E-state index in [-0.39, 0.29) is 10.9 Å². The first-order valence-corrected chi connectivity index (χ1v) is 6.86. The van der Waals surface area contributed by atoms with Gasteiger partial charge in [0.25, 0.3) is 0 Å². The van der Waals surface area contributed by atoms with E-state index in [0.29, 0.717) is 0 Å². The minimum absolute atomic E-state index is 0.268. The van der Waals surface area contributed by atoms with Crippen molar-refractivity contribution >= 4 is 10.9 Å². The van der Waals surface area contributed by atoms with Crippen LogP contribution in [0.5, 0.6) is 0 Å². The Morgan fingerprint density at radius 2 is 2.07 bits per heavy atom. The molecule has 1 nitrogen and oxygen atoms in total. The van der Waals surface area contributed by atoms with Gasteiger partial charge in [0.15, 0.2) is 4.90 Å². The summed E-state index contributed by atoms with van der Waals surface area (Å²) in [5, 5.41) is 0. The zero-order chi connectivity index (χ0) is 10.9. The van der Waals surface area contributed by atoms with Crippen molar-refractivity contribution in [3.63, 3.8) is 0 Å². The first-order chi connectivity index (χ1) is 7.38. The quantitative estimate of drug-likeness (QED) is 0.392. The standard InChI is InChI=1S/C13H19OS/c1-3-11-15(12-10-14-4-2)13-8-6-5-7-9-13/h3,5-9H,1,4,10-12H2,2H3/q+1. The van der Waals surface area contributed by atoms with E-state index in [0.717, 1.165) is 24.7 Å². The van der Waals surface area contributed by atoms with Crippen molar-refractivity contribution in [3.05, 3.63) is 43.0 Å². The van der Waals surface area contributed by atoms with Gasteiger partial charge in [0.05, 0.1) is 6.61 Å². The smallest absolute Gasteiger partial charge is 0.155 e. The highest BCUT2D eigenvalue weighted by atomic mass is 32.2. The number of benzene rings is 1. The maximum Gasteiger partial charge on any atom is 0.155 e. The topological polar surface area (TPSA) is 9.23 Å². The average molecular weight is 223 g/mol. The Hall–Kier alpha value is -0.730. The second kappa shape index (κ2) is 7.55. The van der Waals surface area contributed by atoms with E-state index in [9.17, 15) is 0 Å². The van der Waals surface area contributed by atoms with Crippen LogP contribution in [0.25, 0.3) is 0 Å². The molecule has 0 N–H and O–H groups in total. The van der Waals surface area contributed by atoms with Gasteiger partial charge >= 0.3 is 0 Å². The summed E-state index contributed by atoms with van der Waals surface area (Å²) >= 11 is 0. The Balaban J connectivity index is 2.53. The number of rotatable bonds is 7.